The van der Waals surface area contributed by atoms with Crippen LogP contribution in [0.25, 0.3) is 5.82 Å². The first-order valence-corrected chi connectivity index (χ1v) is 7.88. The molecule has 2 heterocycles. The standard InChI is InChI=1S/C16H22ClN3O/c1-3-12(4-2)16-13(6-5-9-21)11-20(19-16)15-8-7-14(17)10-18-15/h7-8,10-12,21H,3-6,9H2,1-2H3. The van der Waals surface area contributed by atoms with Gasteiger partial charge in [-0.25, -0.2) is 9.67 Å². The molecule has 0 radical (unpaired) electrons. The molecular formula is C16H22ClN3O. The predicted molar refractivity (Wildman–Crippen MR) is 85.1 cm³/mol. The van der Waals surface area contributed by atoms with E-state index < -0.39 is 0 Å². The fourth-order valence-electron chi connectivity index (χ4n) is 2.53. The highest BCUT2D eigenvalue weighted by atomic mass is 35.5. The molecule has 0 bridgehead atoms. The Morgan fingerprint density at radius 1 is 1.29 bits per heavy atom. The summed E-state index contributed by atoms with van der Waals surface area (Å²) in [6, 6.07) is 3.68. The summed E-state index contributed by atoms with van der Waals surface area (Å²) < 4.78 is 1.82. The maximum atomic E-state index is 9.07. The fraction of sp³-hybridized carbons (Fsp3) is 0.500. The summed E-state index contributed by atoms with van der Waals surface area (Å²) >= 11 is 5.88. The van der Waals surface area contributed by atoms with Gasteiger partial charge in [0, 0.05) is 24.9 Å². The Balaban J connectivity index is 2.36. The third-order valence-electron chi connectivity index (χ3n) is 3.75. The third kappa shape index (κ3) is 3.83. The molecule has 5 heteroatoms. The number of hydrogen-bond acceptors (Lipinski definition) is 3. The van der Waals surface area contributed by atoms with E-state index >= 15 is 0 Å². The molecule has 0 aliphatic rings. The number of rotatable bonds is 7. The van der Waals surface area contributed by atoms with E-state index in [2.05, 4.69) is 18.8 Å². The van der Waals surface area contributed by atoms with E-state index in [0.717, 1.165) is 37.2 Å². The van der Waals surface area contributed by atoms with Crippen LogP contribution in [-0.2, 0) is 6.42 Å². The van der Waals surface area contributed by atoms with Crippen LogP contribution >= 0.6 is 11.6 Å². The lowest BCUT2D eigenvalue weighted by Gasteiger charge is -2.11. The van der Waals surface area contributed by atoms with Crippen LogP contribution in [-0.4, -0.2) is 26.5 Å². The monoisotopic (exact) mass is 307 g/mol. The number of hydrogen-bond donors (Lipinski definition) is 1. The average Bonchev–Trinajstić information content (AvgIpc) is 2.91. The Kier molecular flexibility index (Phi) is 5.76. The van der Waals surface area contributed by atoms with Gasteiger partial charge >= 0.3 is 0 Å². The highest BCUT2D eigenvalue weighted by Crippen LogP contribution is 2.26. The second-order valence-corrected chi connectivity index (χ2v) is 5.60. The first-order chi connectivity index (χ1) is 10.2. The van der Waals surface area contributed by atoms with Crippen LogP contribution in [0.15, 0.2) is 24.5 Å². The highest BCUT2D eigenvalue weighted by Gasteiger charge is 2.17. The third-order valence-corrected chi connectivity index (χ3v) is 3.97. The molecule has 0 fully saturated rings. The molecule has 0 saturated heterocycles. The van der Waals surface area contributed by atoms with Crippen molar-refractivity contribution in [1.82, 2.24) is 14.8 Å². The topological polar surface area (TPSA) is 50.9 Å². The molecule has 0 aliphatic heterocycles. The maximum Gasteiger partial charge on any atom is 0.153 e. The molecule has 0 unspecified atom stereocenters. The highest BCUT2D eigenvalue weighted by molar-refractivity contribution is 6.30. The quantitative estimate of drug-likeness (QED) is 0.847. The molecule has 0 atom stereocenters. The summed E-state index contributed by atoms with van der Waals surface area (Å²) in [4.78, 5) is 4.31. The second kappa shape index (κ2) is 7.57. The summed E-state index contributed by atoms with van der Waals surface area (Å²) in [5.41, 5.74) is 2.33. The van der Waals surface area contributed by atoms with E-state index in [9.17, 15) is 0 Å². The molecule has 0 saturated carbocycles. The van der Waals surface area contributed by atoms with Crippen molar-refractivity contribution in [3.63, 3.8) is 0 Å². The zero-order chi connectivity index (χ0) is 15.2. The number of aromatic nitrogens is 3. The zero-order valence-corrected chi connectivity index (χ0v) is 13.3. The van der Waals surface area contributed by atoms with Gasteiger partial charge in [0.05, 0.1) is 10.7 Å². The molecule has 0 spiro atoms. The Hall–Kier alpha value is -1.39. The molecule has 114 valence electrons. The van der Waals surface area contributed by atoms with Crippen LogP contribution in [0.5, 0.6) is 0 Å². The molecule has 0 aliphatic carbocycles. The van der Waals surface area contributed by atoms with E-state index in [4.69, 9.17) is 21.8 Å². The Morgan fingerprint density at radius 2 is 2.05 bits per heavy atom. The van der Waals surface area contributed by atoms with Gasteiger partial charge in [-0.05, 0) is 43.4 Å². The SMILES string of the molecule is CCC(CC)c1nn(-c2ccc(Cl)cn2)cc1CCCO. The summed E-state index contributed by atoms with van der Waals surface area (Å²) in [6.07, 6.45) is 7.38. The van der Waals surface area contributed by atoms with Crippen LogP contribution in [0.2, 0.25) is 5.02 Å². The van der Waals surface area contributed by atoms with Crippen molar-refractivity contribution in [2.75, 3.05) is 6.61 Å². The van der Waals surface area contributed by atoms with Crippen LogP contribution in [0.1, 0.15) is 50.3 Å². The van der Waals surface area contributed by atoms with Gasteiger partial charge in [-0.3, -0.25) is 0 Å². The largest absolute Gasteiger partial charge is 0.396 e. The van der Waals surface area contributed by atoms with Crippen molar-refractivity contribution in [2.24, 2.45) is 0 Å². The summed E-state index contributed by atoms with van der Waals surface area (Å²) in [6.45, 7) is 4.57. The first-order valence-electron chi connectivity index (χ1n) is 7.50. The van der Waals surface area contributed by atoms with Crippen molar-refractivity contribution >= 4 is 11.6 Å². The van der Waals surface area contributed by atoms with Crippen molar-refractivity contribution < 1.29 is 5.11 Å². The molecule has 2 aromatic rings. The minimum absolute atomic E-state index is 0.201. The van der Waals surface area contributed by atoms with Crippen LogP contribution in [0.4, 0.5) is 0 Å². The van der Waals surface area contributed by atoms with Gasteiger partial charge in [0.2, 0.25) is 0 Å². The number of pyridine rings is 1. The number of nitrogens with zero attached hydrogens (tertiary/aromatic N) is 3. The minimum atomic E-state index is 0.201. The Labute approximate surface area is 130 Å². The molecule has 4 nitrogen and oxygen atoms in total. The molecule has 0 amide bonds. The molecule has 2 aromatic heterocycles. The van der Waals surface area contributed by atoms with Gasteiger partial charge in [-0.2, -0.15) is 5.10 Å². The summed E-state index contributed by atoms with van der Waals surface area (Å²) in [7, 11) is 0. The van der Waals surface area contributed by atoms with Gasteiger partial charge < -0.3 is 5.11 Å². The predicted octanol–water partition coefficient (Wildman–Crippen LogP) is 3.75. The number of aliphatic hydroxyl groups is 1. The van der Waals surface area contributed by atoms with Gasteiger partial charge in [0.15, 0.2) is 5.82 Å². The minimum Gasteiger partial charge on any atom is -0.396 e. The van der Waals surface area contributed by atoms with Crippen LogP contribution in [0.3, 0.4) is 0 Å². The van der Waals surface area contributed by atoms with Crippen LogP contribution < -0.4 is 0 Å². The van der Waals surface area contributed by atoms with Gasteiger partial charge in [0.25, 0.3) is 0 Å². The van der Waals surface area contributed by atoms with Crippen molar-refractivity contribution in [3.05, 3.63) is 40.8 Å². The Bertz CT molecular complexity index is 561. The maximum absolute atomic E-state index is 9.07. The van der Waals surface area contributed by atoms with E-state index in [0.29, 0.717) is 10.9 Å². The van der Waals surface area contributed by atoms with Crippen molar-refractivity contribution in [2.45, 2.75) is 45.4 Å². The van der Waals surface area contributed by atoms with Crippen molar-refractivity contribution in [1.29, 1.82) is 0 Å². The molecular weight excluding hydrogens is 286 g/mol. The van der Waals surface area contributed by atoms with Gasteiger partial charge in [-0.15, -0.1) is 0 Å². The first kappa shape index (κ1) is 16.0. The lowest BCUT2D eigenvalue weighted by Crippen LogP contribution is -2.03. The molecule has 0 aromatic carbocycles. The zero-order valence-electron chi connectivity index (χ0n) is 12.6. The Morgan fingerprint density at radius 3 is 2.62 bits per heavy atom. The molecule has 21 heavy (non-hydrogen) atoms. The number of aryl methyl sites for hydroxylation is 1. The molecule has 2 rings (SSSR count). The van der Waals surface area contributed by atoms with E-state index in [1.165, 1.54) is 5.56 Å². The van der Waals surface area contributed by atoms with Gasteiger partial charge in [-0.1, -0.05) is 25.4 Å². The van der Waals surface area contributed by atoms with Gasteiger partial charge in [0.1, 0.15) is 0 Å². The lowest BCUT2D eigenvalue weighted by atomic mass is 9.95. The van der Waals surface area contributed by atoms with Crippen molar-refractivity contribution in [3.8, 4) is 5.82 Å². The fourth-order valence-corrected chi connectivity index (χ4v) is 2.64. The second-order valence-electron chi connectivity index (χ2n) is 5.16. The van der Waals surface area contributed by atoms with Crippen LogP contribution in [0, 0.1) is 0 Å². The van der Waals surface area contributed by atoms with E-state index in [-0.39, 0.29) is 6.61 Å². The summed E-state index contributed by atoms with van der Waals surface area (Å²) in [5, 5.41) is 14.4. The van der Waals surface area contributed by atoms with E-state index in [1.807, 2.05) is 23.0 Å². The smallest absolute Gasteiger partial charge is 0.153 e. The van der Waals surface area contributed by atoms with E-state index in [1.54, 1.807) is 6.20 Å². The normalized spacial score (nSPS) is 11.3. The molecule has 1 N–H and O–H groups in total. The summed E-state index contributed by atoms with van der Waals surface area (Å²) in [5.74, 6) is 1.22. The number of aliphatic hydroxyl groups excluding tert-OH is 1. The lowest BCUT2D eigenvalue weighted by molar-refractivity contribution is 0.288. The number of halogens is 1. The average molecular weight is 308 g/mol.